The number of urea groups is 1. The Morgan fingerprint density at radius 3 is 2.48 bits per heavy atom. The molecule has 1 unspecified atom stereocenters. The van der Waals surface area contributed by atoms with Crippen LogP contribution >= 0.6 is 0 Å². The molecule has 1 aromatic rings. The predicted octanol–water partition coefficient (Wildman–Crippen LogP) is 1.02. The van der Waals surface area contributed by atoms with Gasteiger partial charge in [-0.3, -0.25) is 19.8 Å². The summed E-state index contributed by atoms with van der Waals surface area (Å²) in [4.78, 5) is 36.7. The summed E-state index contributed by atoms with van der Waals surface area (Å²) in [5.74, 6) is -0.688. The molecule has 4 amide bonds. The van der Waals surface area contributed by atoms with Crippen molar-refractivity contribution in [1.82, 2.24) is 15.5 Å². The molecule has 0 fully saturated rings. The maximum absolute atomic E-state index is 12.1. The fourth-order valence-electron chi connectivity index (χ4n) is 1.92. The van der Waals surface area contributed by atoms with Crippen LogP contribution in [0.4, 0.5) is 10.5 Å². The summed E-state index contributed by atoms with van der Waals surface area (Å²) in [7, 11) is 3.07. The third kappa shape index (κ3) is 5.37. The summed E-state index contributed by atoms with van der Waals surface area (Å²) in [5.41, 5.74) is 2.86. The molecule has 0 aromatic heterocycles. The number of carbonyl (C=O) groups excluding carboxylic acids is 3. The lowest BCUT2D eigenvalue weighted by Crippen LogP contribution is -2.49. The first-order valence-corrected chi connectivity index (χ1v) is 7.35. The Bertz CT molecular complexity index is 601. The lowest BCUT2D eigenvalue weighted by atomic mass is 10.1. The molecule has 0 saturated heterocycles. The third-order valence-corrected chi connectivity index (χ3v) is 3.78. The summed E-state index contributed by atoms with van der Waals surface area (Å²) in [5, 5.41) is 7.33. The Hall–Kier alpha value is -2.41. The Morgan fingerprint density at radius 1 is 1.22 bits per heavy atom. The van der Waals surface area contributed by atoms with Crippen molar-refractivity contribution in [1.29, 1.82) is 0 Å². The van der Waals surface area contributed by atoms with Crippen LogP contribution in [-0.4, -0.2) is 49.4 Å². The SMILES string of the molecule is CNC(=O)NC(=O)C(C)N(C)CC(=O)Nc1cccc(C)c1C. The van der Waals surface area contributed by atoms with E-state index in [1.165, 1.54) is 7.05 Å². The van der Waals surface area contributed by atoms with Gasteiger partial charge in [0.25, 0.3) is 0 Å². The molecule has 0 radical (unpaired) electrons. The number of amides is 4. The number of imide groups is 1. The van der Waals surface area contributed by atoms with E-state index in [4.69, 9.17) is 0 Å². The molecule has 0 aliphatic carbocycles. The van der Waals surface area contributed by atoms with Gasteiger partial charge in [-0.05, 0) is 45.0 Å². The highest BCUT2D eigenvalue weighted by molar-refractivity contribution is 5.97. The van der Waals surface area contributed by atoms with E-state index < -0.39 is 18.0 Å². The number of aryl methyl sites for hydroxylation is 1. The quantitative estimate of drug-likeness (QED) is 0.755. The van der Waals surface area contributed by atoms with Crippen LogP contribution in [0.2, 0.25) is 0 Å². The van der Waals surface area contributed by atoms with Crippen LogP contribution in [0.25, 0.3) is 0 Å². The molecular formula is C16H24N4O3. The number of rotatable bonds is 5. The molecule has 0 bridgehead atoms. The van der Waals surface area contributed by atoms with Crippen molar-refractivity contribution < 1.29 is 14.4 Å². The van der Waals surface area contributed by atoms with E-state index in [-0.39, 0.29) is 12.5 Å². The van der Waals surface area contributed by atoms with E-state index in [0.29, 0.717) is 0 Å². The average Bonchev–Trinajstić information content (AvgIpc) is 2.50. The summed E-state index contributed by atoms with van der Waals surface area (Å²) < 4.78 is 0. The van der Waals surface area contributed by atoms with Crippen molar-refractivity contribution in [3.63, 3.8) is 0 Å². The predicted molar refractivity (Wildman–Crippen MR) is 89.2 cm³/mol. The van der Waals surface area contributed by atoms with Gasteiger partial charge in [0.2, 0.25) is 11.8 Å². The van der Waals surface area contributed by atoms with E-state index in [2.05, 4.69) is 16.0 Å². The lowest BCUT2D eigenvalue weighted by molar-refractivity contribution is -0.125. The van der Waals surface area contributed by atoms with E-state index >= 15 is 0 Å². The topological polar surface area (TPSA) is 90.5 Å². The Kier molecular flexibility index (Phi) is 6.71. The number of carbonyl (C=O) groups is 3. The normalized spacial score (nSPS) is 11.7. The molecule has 1 aromatic carbocycles. The number of hydrogen-bond acceptors (Lipinski definition) is 4. The molecule has 0 aliphatic rings. The largest absolute Gasteiger partial charge is 0.341 e. The van der Waals surface area contributed by atoms with Crippen LogP contribution < -0.4 is 16.0 Å². The van der Waals surface area contributed by atoms with Gasteiger partial charge in [0, 0.05) is 12.7 Å². The van der Waals surface area contributed by atoms with Crippen LogP contribution in [0.5, 0.6) is 0 Å². The number of benzene rings is 1. The molecule has 1 atom stereocenters. The van der Waals surface area contributed by atoms with Gasteiger partial charge in [0.1, 0.15) is 0 Å². The second-order valence-corrected chi connectivity index (χ2v) is 5.46. The van der Waals surface area contributed by atoms with E-state index in [1.54, 1.807) is 18.9 Å². The molecule has 1 rings (SSSR count). The second-order valence-electron chi connectivity index (χ2n) is 5.46. The maximum atomic E-state index is 12.1. The zero-order chi connectivity index (χ0) is 17.6. The van der Waals surface area contributed by atoms with Gasteiger partial charge in [-0.1, -0.05) is 12.1 Å². The Morgan fingerprint density at radius 2 is 1.87 bits per heavy atom. The maximum Gasteiger partial charge on any atom is 0.321 e. The van der Waals surface area contributed by atoms with Gasteiger partial charge in [-0.2, -0.15) is 0 Å². The molecule has 7 heteroatoms. The summed E-state index contributed by atoms with van der Waals surface area (Å²) >= 11 is 0. The highest BCUT2D eigenvalue weighted by Crippen LogP contribution is 2.17. The van der Waals surface area contributed by atoms with E-state index in [9.17, 15) is 14.4 Å². The number of nitrogens with one attached hydrogen (secondary N) is 3. The van der Waals surface area contributed by atoms with Crippen LogP contribution in [0.3, 0.4) is 0 Å². The summed E-state index contributed by atoms with van der Waals surface area (Å²) in [6.45, 7) is 5.58. The number of likely N-dealkylation sites (N-methyl/N-ethyl adjacent to an activating group) is 1. The number of nitrogens with zero attached hydrogens (tertiary/aromatic N) is 1. The first-order valence-electron chi connectivity index (χ1n) is 7.35. The van der Waals surface area contributed by atoms with E-state index in [0.717, 1.165) is 16.8 Å². The molecule has 0 spiro atoms. The second kappa shape index (κ2) is 8.28. The number of hydrogen-bond donors (Lipinski definition) is 3. The zero-order valence-corrected chi connectivity index (χ0v) is 14.2. The highest BCUT2D eigenvalue weighted by atomic mass is 16.2. The van der Waals surface area contributed by atoms with Gasteiger partial charge in [0.15, 0.2) is 0 Å². The van der Waals surface area contributed by atoms with Crippen molar-refractivity contribution in [2.45, 2.75) is 26.8 Å². The highest BCUT2D eigenvalue weighted by Gasteiger charge is 2.21. The van der Waals surface area contributed by atoms with Crippen molar-refractivity contribution >= 4 is 23.5 Å². The van der Waals surface area contributed by atoms with Crippen LogP contribution in [-0.2, 0) is 9.59 Å². The minimum atomic E-state index is -0.614. The Labute approximate surface area is 136 Å². The van der Waals surface area contributed by atoms with Crippen LogP contribution in [0.1, 0.15) is 18.1 Å². The van der Waals surface area contributed by atoms with Gasteiger partial charge in [-0.15, -0.1) is 0 Å². The van der Waals surface area contributed by atoms with Crippen molar-refractivity contribution in [2.75, 3.05) is 26.0 Å². The molecule has 126 valence electrons. The van der Waals surface area contributed by atoms with Crippen molar-refractivity contribution in [3.05, 3.63) is 29.3 Å². The molecule has 7 nitrogen and oxygen atoms in total. The first kappa shape index (κ1) is 18.6. The van der Waals surface area contributed by atoms with E-state index in [1.807, 2.05) is 32.0 Å². The summed E-state index contributed by atoms with van der Waals surface area (Å²) in [6, 6.07) is 4.50. The molecule has 3 N–H and O–H groups in total. The lowest BCUT2D eigenvalue weighted by Gasteiger charge is -2.23. The molecule has 0 heterocycles. The monoisotopic (exact) mass is 320 g/mol. The average molecular weight is 320 g/mol. The Balaban J connectivity index is 2.61. The number of anilines is 1. The molecule has 0 saturated carbocycles. The summed E-state index contributed by atoms with van der Waals surface area (Å²) in [6.07, 6.45) is 0. The fourth-order valence-corrected chi connectivity index (χ4v) is 1.92. The van der Waals surface area contributed by atoms with Crippen LogP contribution in [0, 0.1) is 13.8 Å². The van der Waals surface area contributed by atoms with Gasteiger partial charge in [-0.25, -0.2) is 4.79 Å². The van der Waals surface area contributed by atoms with Gasteiger partial charge in [0.05, 0.1) is 12.6 Å². The minimum absolute atomic E-state index is 0.0374. The fraction of sp³-hybridized carbons (Fsp3) is 0.438. The molecule has 23 heavy (non-hydrogen) atoms. The zero-order valence-electron chi connectivity index (χ0n) is 14.2. The van der Waals surface area contributed by atoms with Gasteiger partial charge >= 0.3 is 6.03 Å². The smallest absolute Gasteiger partial charge is 0.321 e. The standard InChI is InChI=1S/C16H24N4O3/c1-10-7-6-8-13(11(10)2)18-14(21)9-20(5)12(3)15(22)19-16(23)17-4/h6-8,12H,9H2,1-5H3,(H,18,21)(H2,17,19,22,23). The molecule has 0 aliphatic heterocycles. The minimum Gasteiger partial charge on any atom is -0.341 e. The van der Waals surface area contributed by atoms with Crippen LogP contribution in [0.15, 0.2) is 18.2 Å². The van der Waals surface area contributed by atoms with Gasteiger partial charge < -0.3 is 10.6 Å². The first-order chi connectivity index (χ1) is 10.8. The van der Waals surface area contributed by atoms with Crippen molar-refractivity contribution in [2.24, 2.45) is 0 Å². The van der Waals surface area contributed by atoms with Crippen molar-refractivity contribution in [3.8, 4) is 0 Å². The third-order valence-electron chi connectivity index (χ3n) is 3.78. The molecular weight excluding hydrogens is 296 g/mol.